The van der Waals surface area contributed by atoms with Gasteiger partial charge in [0.15, 0.2) is 0 Å². The molecule has 1 aliphatic carbocycles. The third-order valence-corrected chi connectivity index (χ3v) is 4.69. The van der Waals surface area contributed by atoms with Crippen LogP contribution in [0.2, 0.25) is 0 Å². The summed E-state index contributed by atoms with van der Waals surface area (Å²) in [5.41, 5.74) is 10.6. The van der Waals surface area contributed by atoms with Gasteiger partial charge in [-0.25, -0.2) is 0 Å². The average molecular weight is 397 g/mol. The van der Waals surface area contributed by atoms with E-state index in [1.54, 1.807) is 12.1 Å². The van der Waals surface area contributed by atoms with E-state index in [1.165, 1.54) is 5.56 Å². The standard InChI is InChI=1S/C21H20N4O2.ClH/c1-12(2)26-19-9-6-13(10-14(19)11-22)21-24-20(25-27-21)17-5-3-4-16-15(17)7-8-18(16)23;/h3-6,9-10,12,18H,7-8,23H2,1-2H3;1H/t18-;/m1./s1. The summed E-state index contributed by atoms with van der Waals surface area (Å²) in [5.74, 6) is 1.46. The van der Waals surface area contributed by atoms with Crippen molar-refractivity contribution in [2.75, 3.05) is 0 Å². The number of halogens is 1. The van der Waals surface area contributed by atoms with Crippen LogP contribution in [0.4, 0.5) is 0 Å². The van der Waals surface area contributed by atoms with E-state index in [0.717, 1.165) is 24.0 Å². The molecule has 1 heterocycles. The first-order chi connectivity index (χ1) is 13.1. The van der Waals surface area contributed by atoms with Crippen molar-refractivity contribution in [2.24, 2.45) is 5.73 Å². The summed E-state index contributed by atoms with van der Waals surface area (Å²) in [6.45, 7) is 3.84. The molecule has 0 fully saturated rings. The molecule has 2 N–H and O–H groups in total. The van der Waals surface area contributed by atoms with Crippen LogP contribution in [-0.2, 0) is 6.42 Å². The smallest absolute Gasteiger partial charge is 0.258 e. The second kappa shape index (κ2) is 8.01. The molecule has 0 bridgehead atoms. The zero-order valence-electron chi connectivity index (χ0n) is 15.7. The molecule has 144 valence electrons. The summed E-state index contributed by atoms with van der Waals surface area (Å²) in [5, 5.41) is 13.6. The maximum absolute atomic E-state index is 9.41. The molecular weight excluding hydrogens is 376 g/mol. The lowest BCUT2D eigenvalue weighted by molar-refractivity contribution is 0.242. The minimum atomic E-state index is -0.00972. The van der Waals surface area contributed by atoms with Crippen LogP contribution in [0.15, 0.2) is 40.9 Å². The molecule has 0 saturated heterocycles. The zero-order chi connectivity index (χ0) is 19.0. The van der Waals surface area contributed by atoms with Crippen molar-refractivity contribution in [3.8, 4) is 34.7 Å². The maximum atomic E-state index is 9.41. The van der Waals surface area contributed by atoms with Crippen LogP contribution in [0, 0.1) is 11.3 Å². The average Bonchev–Trinajstić information content (AvgIpc) is 3.29. The molecule has 1 aliphatic rings. The highest BCUT2D eigenvalue weighted by molar-refractivity contribution is 5.85. The van der Waals surface area contributed by atoms with E-state index in [0.29, 0.717) is 28.6 Å². The zero-order valence-corrected chi connectivity index (χ0v) is 16.5. The number of aromatic nitrogens is 2. The highest BCUT2D eigenvalue weighted by Crippen LogP contribution is 2.36. The highest BCUT2D eigenvalue weighted by Gasteiger charge is 2.24. The summed E-state index contributed by atoms with van der Waals surface area (Å²) in [4.78, 5) is 4.55. The Balaban J connectivity index is 0.00000225. The number of hydrogen-bond donors (Lipinski definition) is 1. The van der Waals surface area contributed by atoms with E-state index in [4.69, 9.17) is 15.0 Å². The Morgan fingerprint density at radius 1 is 1.29 bits per heavy atom. The summed E-state index contributed by atoms with van der Waals surface area (Å²) in [6.07, 6.45) is 1.83. The van der Waals surface area contributed by atoms with Crippen molar-refractivity contribution in [2.45, 2.75) is 38.8 Å². The van der Waals surface area contributed by atoms with E-state index in [-0.39, 0.29) is 24.6 Å². The van der Waals surface area contributed by atoms with E-state index in [1.807, 2.05) is 32.0 Å². The Labute approximate surface area is 169 Å². The fraction of sp³-hybridized carbons (Fsp3) is 0.286. The van der Waals surface area contributed by atoms with Gasteiger partial charge in [0.05, 0.1) is 11.7 Å². The van der Waals surface area contributed by atoms with Crippen molar-refractivity contribution in [1.29, 1.82) is 5.26 Å². The first-order valence-electron chi connectivity index (χ1n) is 8.99. The molecule has 7 heteroatoms. The molecule has 3 aromatic rings. The molecule has 0 unspecified atom stereocenters. The Bertz CT molecular complexity index is 1040. The minimum absolute atomic E-state index is 0. The van der Waals surface area contributed by atoms with Crippen molar-refractivity contribution in [1.82, 2.24) is 10.1 Å². The van der Waals surface area contributed by atoms with Gasteiger partial charge >= 0.3 is 0 Å². The van der Waals surface area contributed by atoms with Crippen LogP contribution in [0.1, 0.15) is 43.0 Å². The molecule has 4 rings (SSSR count). The number of benzene rings is 2. The Morgan fingerprint density at radius 3 is 2.86 bits per heavy atom. The quantitative estimate of drug-likeness (QED) is 0.700. The summed E-state index contributed by atoms with van der Waals surface area (Å²) in [7, 11) is 0. The monoisotopic (exact) mass is 396 g/mol. The van der Waals surface area contributed by atoms with Crippen molar-refractivity contribution >= 4 is 12.4 Å². The first kappa shape index (κ1) is 19.9. The normalized spacial score (nSPS) is 15.0. The number of nitrogens with zero attached hydrogens (tertiary/aromatic N) is 3. The molecule has 0 spiro atoms. The Hall–Kier alpha value is -2.88. The SMILES string of the molecule is CC(C)Oc1ccc(-c2nc(-c3cccc4c3CC[C@H]4N)no2)cc1C#N.Cl. The lowest BCUT2D eigenvalue weighted by Crippen LogP contribution is -2.06. The van der Waals surface area contributed by atoms with Gasteiger partial charge in [-0.3, -0.25) is 0 Å². The summed E-state index contributed by atoms with van der Waals surface area (Å²) >= 11 is 0. The van der Waals surface area contributed by atoms with Crippen LogP contribution in [0.5, 0.6) is 5.75 Å². The van der Waals surface area contributed by atoms with Gasteiger partial charge in [0.25, 0.3) is 5.89 Å². The fourth-order valence-electron chi connectivity index (χ4n) is 3.45. The van der Waals surface area contributed by atoms with Crippen LogP contribution < -0.4 is 10.5 Å². The molecule has 0 radical (unpaired) electrons. The number of fused-ring (bicyclic) bond motifs is 1. The number of nitrogens with two attached hydrogens (primary N) is 1. The third-order valence-electron chi connectivity index (χ3n) is 4.69. The Morgan fingerprint density at radius 2 is 2.11 bits per heavy atom. The van der Waals surface area contributed by atoms with Crippen LogP contribution >= 0.6 is 12.4 Å². The largest absolute Gasteiger partial charge is 0.490 e. The van der Waals surface area contributed by atoms with Crippen LogP contribution in [0.3, 0.4) is 0 Å². The van der Waals surface area contributed by atoms with Crippen LogP contribution in [-0.4, -0.2) is 16.2 Å². The van der Waals surface area contributed by atoms with Gasteiger partial charge < -0.3 is 15.0 Å². The topological polar surface area (TPSA) is 98.0 Å². The van der Waals surface area contributed by atoms with Gasteiger partial charge in [-0.1, -0.05) is 23.4 Å². The molecule has 1 aromatic heterocycles. The molecular formula is C21H21ClN4O2. The van der Waals surface area contributed by atoms with Gasteiger partial charge in [0, 0.05) is 17.2 Å². The molecule has 1 atom stereocenters. The minimum Gasteiger partial charge on any atom is -0.490 e. The molecule has 2 aromatic carbocycles. The number of ether oxygens (including phenoxy) is 1. The van der Waals surface area contributed by atoms with E-state index >= 15 is 0 Å². The molecule has 6 nitrogen and oxygen atoms in total. The molecule has 0 amide bonds. The lowest BCUT2D eigenvalue weighted by atomic mass is 10.0. The van der Waals surface area contributed by atoms with Crippen molar-refractivity contribution in [3.05, 3.63) is 53.1 Å². The lowest BCUT2D eigenvalue weighted by Gasteiger charge is -2.11. The maximum Gasteiger partial charge on any atom is 0.258 e. The predicted octanol–water partition coefficient (Wildman–Crippen LogP) is 4.43. The summed E-state index contributed by atoms with van der Waals surface area (Å²) in [6, 6.07) is 13.5. The van der Waals surface area contributed by atoms with E-state index < -0.39 is 0 Å². The molecule has 28 heavy (non-hydrogen) atoms. The highest BCUT2D eigenvalue weighted by atomic mass is 35.5. The second-order valence-corrected chi connectivity index (χ2v) is 6.93. The number of nitriles is 1. The first-order valence-corrected chi connectivity index (χ1v) is 8.99. The van der Waals surface area contributed by atoms with Gasteiger partial charge in [-0.05, 0) is 56.0 Å². The van der Waals surface area contributed by atoms with Gasteiger partial charge in [0.1, 0.15) is 11.8 Å². The molecule has 0 saturated carbocycles. The van der Waals surface area contributed by atoms with Gasteiger partial charge in [-0.15, -0.1) is 12.4 Å². The summed E-state index contributed by atoms with van der Waals surface area (Å²) < 4.78 is 11.1. The second-order valence-electron chi connectivity index (χ2n) is 6.93. The Kier molecular flexibility index (Phi) is 5.68. The molecule has 0 aliphatic heterocycles. The van der Waals surface area contributed by atoms with Gasteiger partial charge in [0.2, 0.25) is 5.82 Å². The third kappa shape index (κ3) is 3.59. The van der Waals surface area contributed by atoms with E-state index in [2.05, 4.69) is 22.3 Å². The van der Waals surface area contributed by atoms with Crippen LogP contribution in [0.25, 0.3) is 22.8 Å². The van der Waals surface area contributed by atoms with E-state index in [9.17, 15) is 5.26 Å². The predicted molar refractivity (Wildman–Crippen MR) is 108 cm³/mol. The number of hydrogen-bond acceptors (Lipinski definition) is 6. The van der Waals surface area contributed by atoms with Crippen molar-refractivity contribution < 1.29 is 9.26 Å². The van der Waals surface area contributed by atoms with Gasteiger partial charge in [-0.2, -0.15) is 10.2 Å². The fourth-order valence-corrected chi connectivity index (χ4v) is 3.45. The van der Waals surface area contributed by atoms with Crippen molar-refractivity contribution in [3.63, 3.8) is 0 Å². The number of rotatable bonds is 4.